The van der Waals surface area contributed by atoms with E-state index in [0.29, 0.717) is 33.4 Å². The van der Waals surface area contributed by atoms with E-state index in [2.05, 4.69) is 46.7 Å². The molecule has 10 nitrogen and oxygen atoms in total. The fourth-order valence-corrected chi connectivity index (χ4v) is 6.69. The molecule has 2 heterocycles. The molecule has 1 aliphatic carbocycles. The Bertz CT molecular complexity index is 1540. The summed E-state index contributed by atoms with van der Waals surface area (Å²) in [5.41, 5.74) is 3.11. The van der Waals surface area contributed by atoms with Gasteiger partial charge in [0.15, 0.2) is 4.73 Å². The van der Waals surface area contributed by atoms with Crippen LogP contribution in [0.15, 0.2) is 59.3 Å². The summed E-state index contributed by atoms with van der Waals surface area (Å²) in [5, 5.41) is 8.62. The van der Waals surface area contributed by atoms with Crippen molar-refractivity contribution in [2.45, 2.75) is 83.5 Å². The lowest BCUT2D eigenvalue weighted by Gasteiger charge is -2.34. The zero-order valence-corrected chi connectivity index (χ0v) is 28.0. The fraction of sp³-hybridized carbons (Fsp3) is 0.441. The number of nitrogens with one attached hydrogen (secondary N) is 3. The summed E-state index contributed by atoms with van der Waals surface area (Å²) in [4.78, 5) is 49.6. The van der Waals surface area contributed by atoms with Crippen LogP contribution in [0.1, 0.15) is 81.9 Å². The lowest BCUT2D eigenvalue weighted by molar-refractivity contribution is -0.121. The number of ether oxygens (including phenoxy) is 1. The zero-order valence-electron chi connectivity index (χ0n) is 26.4. The van der Waals surface area contributed by atoms with Crippen LogP contribution in [0.25, 0.3) is 11.1 Å². The Hall–Kier alpha value is -3.99. The molecule has 45 heavy (non-hydrogen) atoms. The van der Waals surface area contributed by atoms with Gasteiger partial charge in [0.2, 0.25) is 5.91 Å². The highest BCUT2D eigenvalue weighted by Crippen LogP contribution is 2.42. The van der Waals surface area contributed by atoms with Crippen LogP contribution in [0.3, 0.4) is 0 Å². The first-order chi connectivity index (χ1) is 21.4. The predicted octanol–water partition coefficient (Wildman–Crippen LogP) is 6.63. The molecule has 1 aromatic heterocycles. The van der Waals surface area contributed by atoms with E-state index in [4.69, 9.17) is 4.74 Å². The number of hydrogen-bond acceptors (Lipinski definition) is 7. The van der Waals surface area contributed by atoms with Crippen LogP contribution in [0.4, 0.5) is 16.3 Å². The number of aromatic nitrogens is 2. The average molecular weight is 678 g/mol. The van der Waals surface area contributed by atoms with Crippen LogP contribution in [-0.4, -0.2) is 52.6 Å². The van der Waals surface area contributed by atoms with Gasteiger partial charge in [-0.05, 0) is 104 Å². The molecule has 5 rings (SSSR count). The van der Waals surface area contributed by atoms with Crippen molar-refractivity contribution >= 4 is 45.3 Å². The number of fused-ring (bicyclic) bond motifs is 1. The number of halogens is 1. The maximum atomic E-state index is 13.2. The van der Waals surface area contributed by atoms with Crippen LogP contribution in [0, 0.1) is 5.92 Å². The van der Waals surface area contributed by atoms with E-state index in [1.165, 1.54) is 6.42 Å². The molecule has 1 saturated carbocycles. The zero-order chi connectivity index (χ0) is 32.3. The minimum absolute atomic E-state index is 0.00103. The van der Waals surface area contributed by atoms with Crippen molar-refractivity contribution in [1.82, 2.24) is 20.6 Å². The van der Waals surface area contributed by atoms with E-state index in [1.807, 2.05) is 70.2 Å². The quantitative estimate of drug-likeness (QED) is 0.240. The van der Waals surface area contributed by atoms with Gasteiger partial charge in [-0.3, -0.25) is 14.9 Å². The van der Waals surface area contributed by atoms with Gasteiger partial charge in [0.25, 0.3) is 5.91 Å². The summed E-state index contributed by atoms with van der Waals surface area (Å²) >= 11 is 3.47. The molecule has 0 radical (unpaired) electrons. The minimum atomic E-state index is -0.575. The molecule has 2 fully saturated rings. The van der Waals surface area contributed by atoms with E-state index in [-0.39, 0.29) is 23.9 Å². The van der Waals surface area contributed by atoms with Crippen molar-refractivity contribution in [2.24, 2.45) is 5.92 Å². The highest BCUT2D eigenvalue weighted by atomic mass is 79.9. The smallest absolute Gasteiger partial charge is 0.412 e. The molecular weight excluding hydrogens is 636 g/mol. The topological polar surface area (TPSA) is 126 Å². The van der Waals surface area contributed by atoms with Crippen molar-refractivity contribution in [1.29, 1.82) is 0 Å². The van der Waals surface area contributed by atoms with Crippen molar-refractivity contribution < 1.29 is 19.1 Å². The third-order valence-electron chi connectivity index (χ3n) is 8.41. The minimum Gasteiger partial charge on any atom is -0.444 e. The summed E-state index contributed by atoms with van der Waals surface area (Å²) in [6.45, 7) is 7.34. The predicted molar refractivity (Wildman–Crippen MR) is 178 cm³/mol. The number of nitrogens with zero attached hydrogens (tertiary/aromatic N) is 3. The van der Waals surface area contributed by atoms with E-state index in [9.17, 15) is 14.4 Å². The lowest BCUT2D eigenvalue weighted by Crippen LogP contribution is -2.46. The molecule has 4 atom stereocenters. The summed E-state index contributed by atoms with van der Waals surface area (Å²) in [6, 6.07) is 16.3. The number of hydrogen-bond donors (Lipinski definition) is 3. The largest absolute Gasteiger partial charge is 0.444 e. The molecule has 2 aromatic carbocycles. The Balaban J connectivity index is 1.26. The molecule has 1 unspecified atom stereocenters. The summed E-state index contributed by atoms with van der Waals surface area (Å²) < 4.78 is 5.72. The molecular formula is C34H41BrN6O4. The Labute approximate surface area is 272 Å². The fourth-order valence-electron chi connectivity index (χ4n) is 6.30. The van der Waals surface area contributed by atoms with Crippen LogP contribution in [-0.2, 0) is 9.53 Å². The van der Waals surface area contributed by atoms with Gasteiger partial charge in [0.05, 0.1) is 11.7 Å². The van der Waals surface area contributed by atoms with Gasteiger partial charge in [-0.15, -0.1) is 0 Å². The average Bonchev–Trinajstić information content (AvgIpc) is 3.39. The van der Waals surface area contributed by atoms with Crippen LogP contribution >= 0.6 is 15.9 Å². The number of rotatable bonds is 7. The summed E-state index contributed by atoms with van der Waals surface area (Å²) in [5.74, 6) is 0.940. The first kappa shape index (κ1) is 32.4. The number of anilines is 2. The molecule has 2 aliphatic rings. The normalized spacial score (nSPS) is 20.1. The maximum absolute atomic E-state index is 13.2. The van der Waals surface area contributed by atoms with Gasteiger partial charge in [0.1, 0.15) is 17.5 Å². The molecule has 1 aliphatic heterocycles. The van der Waals surface area contributed by atoms with E-state index >= 15 is 0 Å². The number of benzene rings is 2. The monoisotopic (exact) mass is 676 g/mol. The van der Waals surface area contributed by atoms with E-state index in [0.717, 1.165) is 36.8 Å². The van der Waals surface area contributed by atoms with Crippen molar-refractivity contribution in [2.75, 3.05) is 17.3 Å². The van der Waals surface area contributed by atoms with Gasteiger partial charge in [-0.25, -0.2) is 14.8 Å². The second kappa shape index (κ2) is 13.6. The molecule has 1 saturated heterocycles. The van der Waals surface area contributed by atoms with Gasteiger partial charge >= 0.3 is 6.09 Å². The Morgan fingerprint density at radius 2 is 1.62 bits per heavy atom. The lowest BCUT2D eigenvalue weighted by atomic mass is 9.84. The van der Waals surface area contributed by atoms with Gasteiger partial charge in [-0.2, -0.15) is 0 Å². The first-order valence-corrected chi connectivity index (χ1v) is 16.3. The molecule has 3 amide bonds. The Morgan fingerprint density at radius 3 is 2.27 bits per heavy atom. The number of likely N-dealkylation sites (N-methyl/N-ethyl adjacent to an activating group) is 1. The maximum Gasteiger partial charge on any atom is 0.412 e. The van der Waals surface area contributed by atoms with Gasteiger partial charge < -0.3 is 20.3 Å². The highest BCUT2D eigenvalue weighted by molar-refractivity contribution is 9.10. The van der Waals surface area contributed by atoms with Gasteiger partial charge in [0, 0.05) is 30.4 Å². The molecule has 0 bridgehead atoms. The van der Waals surface area contributed by atoms with Crippen LogP contribution in [0.2, 0.25) is 0 Å². The van der Waals surface area contributed by atoms with Crippen LogP contribution < -0.4 is 20.9 Å². The standard InChI is InChI=1S/C34H41BrN6O4/c1-20(26-19-29(40-32(35)39-26)41-27-9-7-6-8-24(27)18-28(41)31(43)36-5)37-30(42)23-12-10-21(11-13-23)22-14-16-25(17-15-22)38-33(44)45-34(2,3)4/h10-17,19-20,24,27-28H,6-9,18H2,1-5H3,(H,36,43)(H,37,42)(H,38,44)/t20?,24-,27-,28-/m0/s1. The number of amides is 3. The van der Waals surface area contributed by atoms with E-state index in [1.54, 1.807) is 19.2 Å². The second-order valence-corrected chi connectivity index (χ2v) is 13.5. The van der Waals surface area contributed by atoms with Crippen LogP contribution in [0.5, 0.6) is 0 Å². The van der Waals surface area contributed by atoms with Crippen molar-refractivity contribution in [3.63, 3.8) is 0 Å². The van der Waals surface area contributed by atoms with Crippen molar-refractivity contribution in [3.05, 3.63) is 70.6 Å². The van der Waals surface area contributed by atoms with Crippen molar-refractivity contribution in [3.8, 4) is 11.1 Å². The third-order valence-corrected chi connectivity index (χ3v) is 8.76. The SMILES string of the molecule is CNC(=O)[C@@H]1C[C@@H]2CCCC[C@@H]2N1c1cc(C(C)NC(=O)c2ccc(-c3ccc(NC(=O)OC(C)(C)C)cc3)cc2)nc(Br)n1. The third kappa shape index (κ3) is 7.81. The molecule has 3 N–H and O–H groups in total. The highest BCUT2D eigenvalue weighted by Gasteiger charge is 2.45. The molecule has 238 valence electrons. The molecule has 11 heteroatoms. The summed E-state index contributed by atoms with van der Waals surface area (Å²) in [7, 11) is 1.68. The van der Waals surface area contributed by atoms with Gasteiger partial charge in [-0.1, -0.05) is 37.1 Å². The summed E-state index contributed by atoms with van der Waals surface area (Å²) in [6.07, 6.45) is 4.79. The second-order valence-electron chi connectivity index (χ2n) is 12.8. The molecule has 0 spiro atoms. The Kier molecular flexibility index (Phi) is 9.76. The molecule has 3 aromatic rings. The van der Waals surface area contributed by atoms with E-state index < -0.39 is 17.7 Å². The first-order valence-electron chi connectivity index (χ1n) is 15.5. The number of carbonyl (C=O) groups is 3. The number of carbonyl (C=O) groups excluding carboxylic acids is 3. The Morgan fingerprint density at radius 1 is 0.978 bits per heavy atom.